The largest absolute Gasteiger partial charge is 0.507 e. The zero-order valence-electron chi connectivity index (χ0n) is 9.93. The predicted octanol–water partition coefficient (Wildman–Crippen LogP) is 3.87. The molecule has 3 rings (SSSR count). The summed E-state index contributed by atoms with van der Waals surface area (Å²) in [6.07, 6.45) is 0. The van der Waals surface area contributed by atoms with E-state index in [4.69, 9.17) is 27.6 Å². The average molecular weight is 308 g/mol. The maximum absolute atomic E-state index is 12.0. The molecular weight excluding hydrogens is 301 g/mol. The van der Waals surface area contributed by atoms with Crippen molar-refractivity contribution in [1.29, 1.82) is 0 Å². The summed E-state index contributed by atoms with van der Waals surface area (Å²) in [4.78, 5) is 15.8. The molecule has 0 saturated heterocycles. The van der Waals surface area contributed by atoms with Crippen LogP contribution in [0.25, 0.3) is 22.4 Å². The molecule has 0 saturated carbocycles. The predicted molar refractivity (Wildman–Crippen MR) is 77.4 cm³/mol. The molecule has 2 aromatic carbocycles. The molecule has 0 atom stereocenters. The second-order valence-electron chi connectivity index (χ2n) is 4.13. The molecule has 1 heterocycles. The van der Waals surface area contributed by atoms with Crippen molar-refractivity contribution < 1.29 is 9.52 Å². The lowest BCUT2D eigenvalue weighted by atomic mass is 10.2. The van der Waals surface area contributed by atoms with Crippen LogP contribution in [0.2, 0.25) is 10.0 Å². The summed E-state index contributed by atoms with van der Waals surface area (Å²) in [5.74, 6) is -0.0665. The van der Waals surface area contributed by atoms with Gasteiger partial charge in [0.1, 0.15) is 11.3 Å². The summed E-state index contributed by atoms with van der Waals surface area (Å²) in [5.41, 5.74) is 0.110. The van der Waals surface area contributed by atoms with E-state index in [2.05, 4.69) is 4.98 Å². The van der Waals surface area contributed by atoms with E-state index in [1.807, 2.05) is 0 Å². The lowest BCUT2D eigenvalue weighted by molar-refractivity contribution is 0.473. The molecule has 4 nitrogen and oxygen atoms in total. The van der Waals surface area contributed by atoms with Crippen molar-refractivity contribution in [3.05, 3.63) is 56.8 Å². The third kappa shape index (κ3) is 2.24. The van der Waals surface area contributed by atoms with Crippen LogP contribution in [-0.2, 0) is 0 Å². The molecule has 0 aliphatic heterocycles. The lowest BCUT2D eigenvalue weighted by Crippen LogP contribution is -2.07. The summed E-state index contributed by atoms with van der Waals surface area (Å²) in [7, 11) is 0. The van der Waals surface area contributed by atoms with Gasteiger partial charge >= 0.3 is 0 Å². The Kier molecular flexibility index (Phi) is 3.12. The normalized spacial score (nSPS) is 10.9. The molecule has 6 heteroatoms. The minimum Gasteiger partial charge on any atom is -0.507 e. The van der Waals surface area contributed by atoms with Gasteiger partial charge in [-0.05, 0) is 36.4 Å². The molecule has 0 radical (unpaired) electrons. The summed E-state index contributed by atoms with van der Waals surface area (Å²) in [6, 6.07) is 9.08. The summed E-state index contributed by atoms with van der Waals surface area (Å²) >= 11 is 11.7. The van der Waals surface area contributed by atoms with Crippen LogP contribution < -0.4 is 5.56 Å². The highest BCUT2D eigenvalue weighted by Gasteiger charge is 2.13. The van der Waals surface area contributed by atoms with Gasteiger partial charge in [-0.2, -0.15) is 4.98 Å². The molecule has 0 fully saturated rings. The first-order valence-electron chi connectivity index (χ1n) is 5.64. The Bertz CT molecular complexity index is 874. The molecule has 0 bridgehead atoms. The van der Waals surface area contributed by atoms with Crippen LogP contribution in [-0.4, -0.2) is 10.1 Å². The van der Waals surface area contributed by atoms with Crippen LogP contribution in [0.3, 0.4) is 0 Å². The summed E-state index contributed by atoms with van der Waals surface area (Å²) < 4.78 is 5.53. The van der Waals surface area contributed by atoms with Crippen LogP contribution >= 0.6 is 23.2 Å². The van der Waals surface area contributed by atoms with Gasteiger partial charge in [-0.3, -0.25) is 4.79 Å². The van der Waals surface area contributed by atoms with Crippen LogP contribution in [0.4, 0.5) is 0 Å². The van der Waals surface area contributed by atoms with E-state index in [1.54, 1.807) is 12.1 Å². The fourth-order valence-corrected chi connectivity index (χ4v) is 2.18. The standard InChI is InChI=1S/C14H7Cl2NO3/c15-7-1-3-11(18)9(5-7)14-17-13(19)10-6-8(16)2-4-12(10)20-14/h1-6,18H. The van der Waals surface area contributed by atoms with Crippen molar-refractivity contribution in [2.24, 2.45) is 0 Å². The molecule has 1 N–H and O–H groups in total. The Morgan fingerprint density at radius 2 is 1.75 bits per heavy atom. The van der Waals surface area contributed by atoms with E-state index in [0.717, 1.165) is 0 Å². The second kappa shape index (κ2) is 4.81. The van der Waals surface area contributed by atoms with E-state index < -0.39 is 5.56 Å². The Morgan fingerprint density at radius 3 is 2.55 bits per heavy atom. The molecule has 100 valence electrons. The van der Waals surface area contributed by atoms with E-state index >= 15 is 0 Å². The topological polar surface area (TPSA) is 63.3 Å². The van der Waals surface area contributed by atoms with Crippen molar-refractivity contribution in [2.75, 3.05) is 0 Å². The van der Waals surface area contributed by atoms with Gasteiger partial charge in [0, 0.05) is 10.0 Å². The van der Waals surface area contributed by atoms with Crippen molar-refractivity contribution >= 4 is 34.2 Å². The minimum absolute atomic E-state index is 0.00447. The van der Waals surface area contributed by atoms with E-state index in [1.165, 1.54) is 24.3 Å². The van der Waals surface area contributed by atoms with Gasteiger partial charge in [0.2, 0.25) is 5.89 Å². The molecule has 20 heavy (non-hydrogen) atoms. The number of fused-ring (bicyclic) bond motifs is 1. The number of hydrogen-bond donors (Lipinski definition) is 1. The summed E-state index contributed by atoms with van der Waals surface area (Å²) in [5, 5.41) is 10.9. The van der Waals surface area contributed by atoms with Crippen LogP contribution in [0.5, 0.6) is 5.75 Å². The number of benzene rings is 2. The van der Waals surface area contributed by atoms with E-state index in [9.17, 15) is 9.90 Å². The second-order valence-corrected chi connectivity index (χ2v) is 5.00. The van der Waals surface area contributed by atoms with Crippen molar-refractivity contribution in [1.82, 2.24) is 4.98 Å². The van der Waals surface area contributed by atoms with E-state index in [0.29, 0.717) is 15.6 Å². The molecular formula is C14H7Cl2NO3. The fourth-order valence-electron chi connectivity index (χ4n) is 1.83. The van der Waals surface area contributed by atoms with Crippen molar-refractivity contribution in [2.45, 2.75) is 0 Å². The number of hydrogen-bond acceptors (Lipinski definition) is 4. The number of rotatable bonds is 1. The maximum atomic E-state index is 12.0. The highest BCUT2D eigenvalue weighted by atomic mass is 35.5. The van der Waals surface area contributed by atoms with Gasteiger partial charge in [0.25, 0.3) is 5.56 Å². The average Bonchev–Trinajstić information content (AvgIpc) is 2.42. The molecule has 0 amide bonds. The number of aromatic nitrogens is 1. The number of halogens is 2. The number of nitrogens with zero attached hydrogens (tertiary/aromatic N) is 1. The zero-order valence-corrected chi connectivity index (χ0v) is 11.4. The van der Waals surface area contributed by atoms with Crippen LogP contribution in [0.15, 0.2) is 45.6 Å². The van der Waals surface area contributed by atoms with Crippen LogP contribution in [0.1, 0.15) is 0 Å². The van der Waals surface area contributed by atoms with Gasteiger partial charge in [-0.25, -0.2) is 0 Å². The highest BCUT2D eigenvalue weighted by molar-refractivity contribution is 6.31. The van der Waals surface area contributed by atoms with Gasteiger partial charge in [-0.1, -0.05) is 23.2 Å². The SMILES string of the molecule is O=c1nc(-c2cc(Cl)ccc2O)oc2ccc(Cl)cc12. The van der Waals surface area contributed by atoms with Gasteiger partial charge in [0.05, 0.1) is 10.9 Å². The first-order valence-corrected chi connectivity index (χ1v) is 6.39. The fraction of sp³-hybridized carbons (Fsp3) is 0. The first-order chi connectivity index (χ1) is 9.54. The van der Waals surface area contributed by atoms with Crippen molar-refractivity contribution in [3.63, 3.8) is 0 Å². The van der Waals surface area contributed by atoms with E-state index in [-0.39, 0.29) is 22.6 Å². The third-order valence-corrected chi connectivity index (χ3v) is 3.24. The number of phenols is 1. The smallest absolute Gasteiger partial charge is 0.284 e. The zero-order chi connectivity index (χ0) is 14.3. The molecule has 0 spiro atoms. The quantitative estimate of drug-likeness (QED) is 0.741. The molecule has 1 aromatic heterocycles. The molecule has 0 unspecified atom stereocenters. The summed E-state index contributed by atoms with van der Waals surface area (Å²) in [6.45, 7) is 0. The number of phenolic OH excluding ortho intramolecular Hbond substituents is 1. The molecule has 0 aliphatic rings. The van der Waals surface area contributed by atoms with Gasteiger partial charge in [0.15, 0.2) is 0 Å². The number of aromatic hydroxyl groups is 1. The maximum Gasteiger partial charge on any atom is 0.284 e. The Balaban J connectivity index is 2.30. The Hall–Kier alpha value is -2.04. The highest BCUT2D eigenvalue weighted by Crippen LogP contribution is 2.31. The minimum atomic E-state index is -0.483. The molecule has 0 aliphatic carbocycles. The van der Waals surface area contributed by atoms with Gasteiger partial charge in [-0.15, -0.1) is 0 Å². The van der Waals surface area contributed by atoms with Crippen molar-refractivity contribution in [3.8, 4) is 17.2 Å². The monoisotopic (exact) mass is 307 g/mol. The first kappa shape index (κ1) is 13.0. The Labute approximate surface area is 123 Å². The third-order valence-electron chi connectivity index (χ3n) is 2.77. The Morgan fingerprint density at radius 1 is 1.05 bits per heavy atom. The lowest BCUT2D eigenvalue weighted by Gasteiger charge is -2.04. The molecule has 3 aromatic rings. The van der Waals surface area contributed by atoms with Gasteiger partial charge < -0.3 is 9.52 Å². The van der Waals surface area contributed by atoms with Crippen LogP contribution in [0, 0.1) is 0 Å².